The van der Waals surface area contributed by atoms with Crippen LogP contribution in [0.25, 0.3) is 5.76 Å². The average molecular weight is 550 g/mol. The molecule has 2 heterocycles. The number of hydrogen-bond acceptors (Lipinski definition) is 5. The lowest BCUT2D eigenvalue weighted by Gasteiger charge is -2.24. The smallest absolute Gasteiger partial charge is 0.301 e. The maximum atomic E-state index is 13.2. The van der Waals surface area contributed by atoms with Crippen molar-refractivity contribution in [2.75, 3.05) is 4.90 Å². The van der Waals surface area contributed by atoms with Gasteiger partial charge in [0.1, 0.15) is 11.5 Å². The molecular formula is C24H19BrCl2N2O4. The highest BCUT2D eigenvalue weighted by atomic mass is 79.9. The van der Waals surface area contributed by atoms with Crippen LogP contribution in [0.15, 0.2) is 63.1 Å². The number of amides is 1. The van der Waals surface area contributed by atoms with Crippen molar-refractivity contribution in [2.45, 2.75) is 32.2 Å². The summed E-state index contributed by atoms with van der Waals surface area (Å²) in [6, 6.07) is 12.0. The van der Waals surface area contributed by atoms with Gasteiger partial charge in [-0.2, -0.15) is 0 Å². The second-order valence-electron chi connectivity index (χ2n) is 8.64. The van der Waals surface area contributed by atoms with Crippen LogP contribution in [0, 0.1) is 0 Å². The molecule has 1 aromatic heterocycles. The van der Waals surface area contributed by atoms with Gasteiger partial charge in [0.15, 0.2) is 5.82 Å². The molecule has 0 radical (unpaired) electrons. The van der Waals surface area contributed by atoms with Gasteiger partial charge in [0.2, 0.25) is 0 Å². The number of ketones is 1. The third-order valence-corrected chi connectivity index (χ3v) is 6.39. The first-order valence-electron chi connectivity index (χ1n) is 9.98. The van der Waals surface area contributed by atoms with Gasteiger partial charge in [-0.1, -0.05) is 83.3 Å². The molecule has 0 saturated carbocycles. The van der Waals surface area contributed by atoms with E-state index in [0.29, 0.717) is 21.9 Å². The van der Waals surface area contributed by atoms with E-state index in [1.807, 2.05) is 20.8 Å². The molecule has 0 bridgehead atoms. The summed E-state index contributed by atoms with van der Waals surface area (Å²) in [5.41, 5.74) is 0.317. The van der Waals surface area contributed by atoms with Crippen molar-refractivity contribution in [1.29, 1.82) is 0 Å². The predicted octanol–water partition coefficient (Wildman–Crippen LogP) is 6.67. The quantitative estimate of drug-likeness (QED) is 0.224. The van der Waals surface area contributed by atoms with E-state index >= 15 is 0 Å². The Kier molecular flexibility index (Phi) is 6.16. The minimum atomic E-state index is -1.03. The fourth-order valence-corrected chi connectivity index (χ4v) is 4.36. The zero-order chi connectivity index (χ0) is 24.1. The molecule has 1 N–H and O–H groups in total. The normalized spacial score (nSPS) is 18.2. The minimum absolute atomic E-state index is 0.105. The Morgan fingerprint density at radius 2 is 1.76 bits per heavy atom. The van der Waals surface area contributed by atoms with Crippen molar-refractivity contribution in [3.63, 3.8) is 0 Å². The van der Waals surface area contributed by atoms with Gasteiger partial charge in [0.05, 0.1) is 11.6 Å². The van der Waals surface area contributed by atoms with E-state index in [9.17, 15) is 14.7 Å². The molecule has 6 nitrogen and oxygen atoms in total. The van der Waals surface area contributed by atoms with Crippen LogP contribution in [0.2, 0.25) is 10.0 Å². The van der Waals surface area contributed by atoms with Gasteiger partial charge in [-0.05, 0) is 29.8 Å². The molecule has 1 amide bonds. The molecule has 1 atom stereocenters. The summed E-state index contributed by atoms with van der Waals surface area (Å²) >= 11 is 15.9. The van der Waals surface area contributed by atoms with E-state index in [0.717, 1.165) is 4.47 Å². The van der Waals surface area contributed by atoms with Crippen LogP contribution in [0.5, 0.6) is 0 Å². The molecule has 3 aromatic rings. The molecule has 1 fully saturated rings. The molecule has 170 valence electrons. The van der Waals surface area contributed by atoms with Crippen LogP contribution in [-0.2, 0) is 15.0 Å². The number of aliphatic hydroxyl groups excluding tert-OH is 1. The van der Waals surface area contributed by atoms with E-state index in [1.54, 1.807) is 42.5 Å². The lowest BCUT2D eigenvalue weighted by atomic mass is 9.93. The number of anilines is 1. The summed E-state index contributed by atoms with van der Waals surface area (Å²) in [5.74, 6) is -1.34. The molecule has 9 heteroatoms. The van der Waals surface area contributed by atoms with Crippen LogP contribution in [0.1, 0.15) is 43.7 Å². The summed E-state index contributed by atoms with van der Waals surface area (Å²) in [7, 11) is 0. The van der Waals surface area contributed by atoms with Crippen LogP contribution in [0.3, 0.4) is 0 Å². The fourth-order valence-electron chi connectivity index (χ4n) is 3.58. The highest BCUT2D eigenvalue weighted by molar-refractivity contribution is 9.10. The van der Waals surface area contributed by atoms with Crippen molar-refractivity contribution in [3.8, 4) is 0 Å². The lowest BCUT2D eigenvalue weighted by molar-refractivity contribution is -0.132. The number of Topliss-reactive ketones (excluding diaryl/α,β-unsaturated/α-hetero) is 1. The zero-order valence-corrected chi connectivity index (χ0v) is 21.0. The third-order valence-electron chi connectivity index (χ3n) is 5.30. The molecule has 0 spiro atoms. The van der Waals surface area contributed by atoms with Gasteiger partial charge in [-0.15, -0.1) is 0 Å². The number of aromatic nitrogens is 1. The highest BCUT2D eigenvalue weighted by Gasteiger charge is 2.49. The van der Waals surface area contributed by atoms with Gasteiger partial charge < -0.3 is 9.63 Å². The van der Waals surface area contributed by atoms with Crippen LogP contribution in [0.4, 0.5) is 5.82 Å². The molecule has 1 aliphatic heterocycles. The molecule has 2 aromatic carbocycles. The van der Waals surface area contributed by atoms with E-state index in [1.165, 1.54) is 11.0 Å². The van der Waals surface area contributed by atoms with Gasteiger partial charge in [-0.3, -0.25) is 14.5 Å². The summed E-state index contributed by atoms with van der Waals surface area (Å²) in [6.07, 6.45) is 0. The predicted molar refractivity (Wildman–Crippen MR) is 131 cm³/mol. The van der Waals surface area contributed by atoms with Gasteiger partial charge in [0, 0.05) is 31.6 Å². The van der Waals surface area contributed by atoms with E-state index in [2.05, 4.69) is 21.1 Å². The van der Waals surface area contributed by atoms with Crippen molar-refractivity contribution >= 4 is 62.4 Å². The molecule has 0 unspecified atom stereocenters. The summed E-state index contributed by atoms with van der Waals surface area (Å²) in [6.45, 7) is 5.81. The Morgan fingerprint density at radius 3 is 2.33 bits per heavy atom. The largest absolute Gasteiger partial charge is 0.507 e. The Morgan fingerprint density at radius 1 is 1.09 bits per heavy atom. The second-order valence-corrected chi connectivity index (χ2v) is 10.4. The van der Waals surface area contributed by atoms with Gasteiger partial charge in [0.25, 0.3) is 5.78 Å². The number of halogens is 3. The summed E-state index contributed by atoms with van der Waals surface area (Å²) in [4.78, 5) is 27.6. The average Bonchev–Trinajstić information content (AvgIpc) is 3.32. The van der Waals surface area contributed by atoms with Crippen LogP contribution >= 0.6 is 39.1 Å². The van der Waals surface area contributed by atoms with Gasteiger partial charge >= 0.3 is 5.91 Å². The molecule has 1 saturated heterocycles. The van der Waals surface area contributed by atoms with Crippen molar-refractivity contribution < 1.29 is 19.2 Å². The van der Waals surface area contributed by atoms with Crippen molar-refractivity contribution in [1.82, 2.24) is 5.16 Å². The van der Waals surface area contributed by atoms with E-state index in [-0.39, 0.29) is 27.6 Å². The Balaban J connectivity index is 1.95. The number of benzene rings is 2. The number of carbonyl (C=O) groups excluding carboxylic acids is 2. The first kappa shape index (κ1) is 23.5. The molecule has 33 heavy (non-hydrogen) atoms. The van der Waals surface area contributed by atoms with Crippen molar-refractivity contribution in [2.24, 2.45) is 0 Å². The lowest BCUT2D eigenvalue weighted by Crippen LogP contribution is -2.30. The van der Waals surface area contributed by atoms with Gasteiger partial charge in [-0.25, -0.2) is 0 Å². The zero-order valence-electron chi connectivity index (χ0n) is 17.9. The molecular weight excluding hydrogens is 531 g/mol. The summed E-state index contributed by atoms with van der Waals surface area (Å²) in [5, 5.41) is 15.8. The standard InChI is InChI=1S/C24H19BrCl2N2O4/c1-24(2,3)17-11-18(28-33-17)29-20(15-9-8-14(26)10-16(15)27)19(22(31)23(29)32)21(30)12-4-6-13(25)7-5-12/h4-11,20,30H,1-3H3/t20-/m1/s1. The SMILES string of the molecule is CC(C)(C)c1cc(N2C(=O)C(=O)C(=C(O)c3ccc(Br)cc3)[C@H]2c2ccc(Cl)cc2Cl)no1. The second kappa shape index (κ2) is 8.63. The number of carbonyl (C=O) groups is 2. The summed E-state index contributed by atoms with van der Waals surface area (Å²) < 4.78 is 6.26. The number of rotatable bonds is 3. The molecule has 1 aliphatic rings. The molecule has 4 rings (SSSR count). The van der Waals surface area contributed by atoms with Crippen molar-refractivity contribution in [3.05, 3.63) is 85.5 Å². The van der Waals surface area contributed by atoms with Crippen LogP contribution < -0.4 is 4.90 Å². The highest BCUT2D eigenvalue weighted by Crippen LogP contribution is 2.45. The Hall–Kier alpha value is -2.61. The maximum Gasteiger partial charge on any atom is 0.301 e. The van der Waals surface area contributed by atoms with E-state index in [4.69, 9.17) is 27.7 Å². The Labute approximate surface area is 208 Å². The van der Waals surface area contributed by atoms with E-state index < -0.39 is 17.7 Å². The first-order chi connectivity index (χ1) is 15.5. The topological polar surface area (TPSA) is 83.6 Å². The molecule has 0 aliphatic carbocycles. The Bertz CT molecular complexity index is 1290. The van der Waals surface area contributed by atoms with Crippen LogP contribution in [-0.4, -0.2) is 22.0 Å². The monoisotopic (exact) mass is 548 g/mol. The fraction of sp³-hybridized carbons (Fsp3) is 0.208. The number of aliphatic hydroxyl groups is 1. The minimum Gasteiger partial charge on any atom is -0.507 e. The number of nitrogens with zero attached hydrogens (tertiary/aromatic N) is 2. The first-order valence-corrected chi connectivity index (χ1v) is 11.5. The maximum absolute atomic E-state index is 13.2. The number of hydrogen-bond donors (Lipinski definition) is 1. The third kappa shape index (κ3) is 4.33.